The fraction of sp³-hybridized carbons (Fsp3) is 0.200. The molecule has 27 heavy (non-hydrogen) atoms. The normalized spacial score (nSPS) is 10.5. The van der Waals surface area contributed by atoms with Crippen molar-refractivity contribution in [3.05, 3.63) is 58.6 Å². The Morgan fingerprint density at radius 1 is 1.15 bits per heavy atom. The number of ether oxygens (including phenoxy) is 2. The maximum Gasteiger partial charge on any atom is 0.232 e. The van der Waals surface area contributed by atoms with E-state index in [9.17, 15) is 4.79 Å². The summed E-state index contributed by atoms with van der Waals surface area (Å²) in [5.74, 6) is 1.12. The first-order chi connectivity index (χ1) is 13.0. The number of hydrogen-bond acceptors (Lipinski definition) is 5. The molecule has 140 valence electrons. The summed E-state index contributed by atoms with van der Waals surface area (Å²) in [4.78, 5) is 18.8. The Hall–Kier alpha value is -2.57. The van der Waals surface area contributed by atoms with E-state index in [1.165, 1.54) is 11.3 Å². The lowest BCUT2D eigenvalue weighted by Gasteiger charge is -2.18. The molecule has 0 bridgehead atoms. The molecule has 0 saturated carbocycles. The van der Waals surface area contributed by atoms with Gasteiger partial charge in [-0.15, -0.1) is 11.3 Å². The summed E-state index contributed by atoms with van der Waals surface area (Å²) in [6.07, 6.45) is 0.200. The number of benzene rings is 2. The average Bonchev–Trinajstić information content (AvgIpc) is 3.15. The fourth-order valence-corrected chi connectivity index (χ4v) is 3.74. The van der Waals surface area contributed by atoms with Crippen molar-refractivity contribution in [1.29, 1.82) is 0 Å². The Balaban J connectivity index is 1.75. The molecule has 0 aliphatic carbocycles. The number of anilines is 1. The molecule has 3 aromatic rings. The third-order valence-corrected chi connectivity index (χ3v) is 5.37. The second kappa shape index (κ2) is 8.41. The SMILES string of the molecule is COc1ccc(N(C)C(=O)Cc2csc(-c3ccccc3Cl)n2)cc1OC. The van der Waals surface area contributed by atoms with Gasteiger partial charge in [0.2, 0.25) is 5.91 Å². The summed E-state index contributed by atoms with van der Waals surface area (Å²) in [5.41, 5.74) is 2.31. The number of thiazole rings is 1. The molecular formula is C20H19ClN2O3S. The first kappa shape index (κ1) is 19.2. The smallest absolute Gasteiger partial charge is 0.232 e. The fourth-order valence-electron chi connectivity index (χ4n) is 2.60. The Labute approximate surface area is 167 Å². The molecule has 0 aliphatic rings. The highest BCUT2D eigenvalue weighted by Gasteiger charge is 2.16. The van der Waals surface area contributed by atoms with E-state index in [4.69, 9.17) is 21.1 Å². The van der Waals surface area contributed by atoms with Crippen LogP contribution in [0.4, 0.5) is 5.69 Å². The van der Waals surface area contributed by atoms with Crippen LogP contribution in [0, 0.1) is 0 Å². The molecule has 0 atom stereocenters. The van der Waals surface area contributed by atoms with Gasteiger partial charge in [0.05, 0.1) is 31.4 Å². The lowest BCUT2D eigenvalue weighted by atomic mass is 10.2. The molecule has 0 spiro atoms. The van der Waals surface area contributed by atoms with Gasteiger partial charge in [0.25, 0.3) is 0 Å². The Morgan fingerprint density at radius 3 is 2.59 bits per heavy atom. The number of amides is 1. The van der Waals surface area contributed by atoms with E-state index >= 15 is 0 Å². The zero-order chi connectivity index (χ0) is 19.4. The summed E-state index contributed by atoms with van der Waals surface area (Å²) >= 11 is 7.70. The number of carbonyl (C=O) groups excluding carboxylic acids is 1. The Morgan fingerprint density at radius 2 is 1.89 bits per heavy atom. The van der Waals surface area contributed by atoms with Crippen molar-refractivity contribution in [2.45, 2.75) is 6.42 Å². The van der Waals surface area contributed by atoms with Crippen LogP contribution in [-0.2, 0) is 11.2 Å². The van der Waals surface area contributed by atoms with E-state index < -0.39 is 0 Å². The molecule has 0 radical (unpaired) electrons. The van der Waals surface area contributed by atoms with Crippen LogP contribution in [-0.4, -0.2) is 32.2 Å². The summed E-state index contributed by atoms with van der Waals surface area (Å²) in [6.45, 7) is 0. The molecule has 1 amide bonds. The van der Waals surface area contributed by atoms with Crippen LogP contribution in [0.1, 0.15) is 5.69 Å². The largest absolute Gasteiger partial charge is 0.493 e. The third kappa shape index (κ3) is 4.23. The molecule has 0 aliphatic heterocycles. The second-order valence-corrected chi connectivity index (χ2v) is 7.06. The third-order valence-electron chi connectivity index (χ3n) is 4.12. The first-order valence-electron chi connectivity index (χ1n) is 8.21. The topological polar surface area (TPSA) is 51.7 Å². The number of nitrogens with zero attached hydrogens (tertiary/aromatic N) is 2. The molecule has 0 N–H and O–H groups in total. The van der Waals surface area contributed by atoms with Gasteiger partial charge < -0.3 is 14.4 Å². The number of hydrogen-bond donors (Lipinski definition) is 0. The van der Waals surface area contributed by atoms with Crippen molar-refractivity contribution in [3.63, 3.8) is 0 Å². The first-order valence-corrected chi connectivity index (χ1v) is 9.47. The number of halogens is 1. The predicted octanol–water partition coefficient (Wildman–Crippen LogP) is 4.69. The van der Waals surface area contributed by atoms with Crippen LogP contribution in [0.25, 0.3) is 10.6 Å². The molecule has 0 fully saturated rings. The molecular weight excluding hydrogens is 384 g/mol. The molecule has 1 aromatic heterocycles. The standard InChI is InChI=1S/C20H19ClN2O3S/c1-23(14-8-9-17(25-2)18(11-14)26-3)19(24)10-13-12-27-20(22-13)15-6-4-5-7-16(15)21/h4-9,11-12H,10H2,1-3H3. The van der Waals surface area contributed by atoms with Crippen molar-refractivity contribution in [1.82, 2.24) is 4.98 Å². The zero-order valence-electron chi connectivity index (χ0n) is 15.2. The number of aromatic nitrogens is 1. The second-order valence-electron chi connectivity index (χ2n) is 5.79. The highest BCUT2D eigenvalue weighted by Crippen LogP contribution is 2.32. The van der Waals surface area contributed by atoms with Crippen LogP contribution in [0.3, 0.4) is 0 Å². The molecule has 2 aromatic carbocycles. The minimum atomic E-state index is -0.0711. The molecule has 0 unspecified atom stereocenters. The van der Waals surface area contributed by atoms with E-state index in [0.717, 1.165) is 16.3 Å². The minimum absolute atomic E-state index is 0.0711. The van der Waals surface area contributed by atoms with Crippen molar-refractivity contribution < 1.29 is 14.3 Å². The highest BCUT2D eigenvalue weighted by molar-refractivity contribution is 7.13. The van der Waals surface area contributed by atoms with E-state index in [1.54, 1.807) is 38.3 Å². The van der Waals surface area contributed by atoms with Crippen LogP contribution in [0.2, 0.25) is 5.02 Å². The van der Waals surface area contributed by atoms with Crippen LogP contribution < -0.4 is 14.4 Å². The van der Waals surface area contributed by atoms with Crippen molar-refractivity contribution >= 4 is 34.5 Å². The Bertz CT molecular complexity index is 958. The minimum Gasteiger partial charge on any atom is -0.493 e. The van der Waals surface area contributed by atoms with Crippen LogP contribution in [0.15, 0.2) is 47.8 Å². The van der Waals surface area contributed by atoms with Gasteiger partial charge in [-0.05, 0) is 18.2 Å². The zero-order valence-corrected chi connectivity index (χ0v) is 16.8. The molecule has 0 saturated heterocycles. The van der Waals surface area contributed by atoms with Gasteiger partial charge in [0.15, 0.2) is 11.5 Å². The number of methoxy groups -OCH3 is 2. The van der Waals surface area contributed by atoms with Gasteiger partial charge in [0.1, 0.15) is 5.01 Å². The van der Waals surface area contributed by atoms with E-state index in [0.29, 0.717) is 22.2 Å². The van der Waals surface area contributed by atoms with Gasteiger partial charge in [-0.2, -0.15) is 0 Å². The number of rotatable bonds is 6. The molecule has 1 heterocycles. The van der Waals surface area contributed by atoms with Gasteiger partial charge >= 0.3 is 0 Å². The number of carbonyl (C=O) groups is 1. The van der Waals surface area contributed by atoms with Gasteiger partial charge in [-0.25, -0.2) is 4.98 Å². The molecule has 3 rings (SSSR count). The monoisotopic (exact) mass is 402 g/mol. The summed E-state index contributed by atoms with van der Waals surface area (Å²) in [7, 11) is 4.87. The van der Waals surface area contributed by atoms with Gasteiger partial charge in [-0.1, -0.05) is 29.8 Å². The van der Waals surface area contributed by atoms with Crippen molar-refractivity contribution in [3.8, 4) is 22.1 Å². The molecule has 5 nitrogen and oxygen atoms in total. The van der Waals surface area contributed by atoms with Gasteiger partial charge in [0, 0.05) is 29.7 Å². The highest BCUT2D eigenvalue weighted by atomic mass is 35.5. The average molecular weight is 403 g/mol. The summed E-state index contributed by atoms with van der Waals surface area (Å²) in [5, 5.41) is 3.34. The summed E-state index contributed by atoms with van der Waals surface area (Å²) in [6, 6.07) is 12.9. The lowest BCUT2D eigenvalue weighted by molar-refractivity contribution is -0.117. The maximum atomic E-state index is 12.7. The Kier molecular flexibility index (Phi) is 5.98. The quantitative estimate of drug-likeness (QED) is 0.600. The van der Waals surface area contributed by atoms with E-state index in [-0.39, 0.29) is 12.3 Å². The predicted molar refractivity (Wildman–Crippen MR) is 109 cm³/mol. The number of likely N-dealkylation sites (N-methyl/N-ethyl adjacent to an activating group) is 1. The molecule has 7 heteroatoms. The van der Waals surface area contributed by atoms with Crippen LogP contribution in [0.5, 0.6) is 11.5 Å². The van der Waals surface area contributed by atoms with Crippen LogP contribution >= 0.6 is 22.9 Å². The maximum absolute atomic E-state index is 12.7. The van der Waals surface area contributed by atoms with E-state index in [2.05, 4.69) is 4.98 Å². The lowest BCUT2D eigenvalue weighted by Crippen LogP contribution is -2.27. The van der Waals surface area contributed by atoms with Crippen molar-refractivity contribution in [2.24, 2.45) is 0 Å². The summed E-state index contributed by atoms with van der Waals surface area (Å²) < 4.78 is 10.5. The van der Waals surface area contributed by atoms with Crippen molar-refractivity contribution in [2.75, 3.05) is 26.2 Å². The van der Waals surface area contributed by atoms with Gasteiger partial charge in [-0.3, -0.25) is 4.79 Å². The van der Waals surface area contributed by atoms with E-state index in [1.807, 2.05) is 35.7 Å².